The molecule has 0 spiro atoms. The summed E-state index contributed by atoms with van der Waals surface area (Å²) in [6.45, 7) is 5.99. The average molecular weight is 452 g/mol. The fourth-order valence-electron chi connectivity index (χ4n) is 3.64. The van der Waals surface area contributed by atoms with Crippen molar-refractivity contribution in [3.63, 3.8) is 0 Å². The van der Waals surface area contributed by atoms with Gasteiger partial charge in [-0.05, 0) is 69.4 Å². The molecular weight excluding hydrogens is 422 g/mol. The highest BCUT2D eigenvalue weighted by Crippen LogP contribution is 2.28. The van der Waals surface area contributed by atoms with Crippen LogP contribution in [0.4, 0.5) is 0 Å². The summed E-state index contributed by atoms with van der Waals surface area (Å²) < 4.78 is 33.1. The maximum absolute atomic E-state index is 12.9. The second kappa shape index (κ2) is 9.91. The summed E-state index contributed by atoms with van der Waals surface area (Å²) in [5.41, 5.74) is 0.284. The normalized spacial score (nSPS) is 16.0. The predicted octanol–water partition coefficient (Wildman–Crippen LogP) is 3.01. The molecule has 2 heterocycles. The van der Waals surface area contributed by atoms with Gasteiger partial charge in [-0.1, -0.05) is 6.07 Å². The molecule has 1 saturated heterocycles. The molecule has 1 fully saturated rings. The van der Waals surface area contributed by atoms with E-state index in [1.165, 1.54) is 37.0 Å². The highest BCUT2D eigenvalue weighted by molar-refractivity contribution is 7.89. The number of nitrogens with zero attached hydrogens (tertiary/aromatic N) is 1. The third kappa shape index (κ3) is 5.40. The molecule has 1 aromatic carbocycles. The van der Waals surface area contributed by atoms with Gasteiger partial charge in [-0.2, -0.15) is 0 Å². The van der Waals surface area contributed by atoms with Crippen molar-refractivity contribution in [1.29, 1.82) is 0 Å². The fraction of sp³-hybridized carbons (Fsp3) is 0.476. The summed E-state index contributed by atoms with van der Waals surface area (Å²) in [5, 5.41) is 5.04. The van der Waals surface area contributed by atoms with Crippen molar-refractivity contribution in [1.82, 2.24) is 14.9 Å². The van der Waals surface area contributed by atoms with E-state index in [-0.39, 0.29) is 34.2 Å². The molecule has 0 saturated carbocycles. The fourth-order valence-corrected chi connectivity index (χ4v) is 5.94. The van der Waals surface area contributed by atoms with E-state index in [0.29, 0.717) is 6.54 Å². The van der Waals surface area contributed by atoms with Crippen molar-refractivity contribution in [2.75, 3.05) is 26.7 Å². The van der Waals surface area contributed by atoms with E-state index in [0.717, 1.165) is 13.1 Å². The quantitative estimate of drug-likeness (QED) is 0.612. The Kier molecular flexibility index (Phi) is 7.51. The number of amides is 1. The van der Waals surface area contributed by atoms with Crippen molar-refractivity contribution in [3.05, 3.63) is 46.2 Å². The molecule has 1 aliphatic rings. The lowest BCUT2D eigenvalue weighted by Crippen LogP contribution is -2.36. The molecule has 7 nitrogen and oxygen atoms in total. The first-order valence-corrected chi connectivity index (χ1v) is 12.4. The largest absolute Gasteiger partial charge is 0.495 e. The molecule has 164 valence electrons. The van der Waals surface area contributed by atoms with Gasteiger partial charge in [-0.15, -0.1) is 11.3 Å². The first kappa shape index (κ1) is 22.7. The lowest BCUT2D eigenvalue weighted by Gasteiger charge is -2.27. The number of sulfonamides is 1. The zero-order chi connectivity index (χ0) is 21.7. The van der Waals surface area contributed by atoms with Gasteiger partial charge in [0.15, 0.2) is 0 Å². The highest BCUT2D eigenvalue weighted by atomic mass is 32.2. The smallest absolute Gasteiger partial charge is 0.251 e. The van der Waals surface area contributed by atoms with Crippen LogP contribution in [0.15, 0.2) is 40.6 Å². The van der Waals surface area contributed by atoms with Gasteiger partial charge >= 0.3 is 0 Å². The van der Waals surface area contributed by atoms with Crippen LogP contribution < -0.4 is 14.8 Å². The van der Waals surface area contributed by atoms with E-state index in [1.54, 1.807) is 31.3 Å². The summed E-state index contributed by atoms with van der Waals surface area (Å²) in [6, 6.07) is 8.43. The minimum atomic E-state index is -3.80. The Morgan fingerprint density at radius 2 is 1.97 bits per heavy atom. The number of benzene rings is 1. The standard InChI is InChI=1S/C21H29N3O4S2/c1-15(2)23-30(26,27)20-13-16(8-9-18(20)28-3)21(25)22-14-17(19-7-6-12-29-19)24-10-4-5-11-24/h6-9,12-13,15,17,23H,4-5,10-11,14H2,1-3H3,(H,22,25). The van der Waals surface area contributed by atoms with Crippen LogP contribution >= 0.6 is 11.3 Å². The number of rotatable bonds is 9. The molecule has 2 aromatic rings. The molecule has 9 heteroatoms. The highest BCUT2D eigenvalue weighted by Gasteiger charge is 2.26. The van der Waals surface area contributed by atoms with Crippen LogP contribution in [0, 0.1) is 0 Å². The Morgan fingerprint density at radius 1 is 1.23 bits per heavy atom. The monoisotopic (exact) mass is 451 g/mol. The van der Waals surface area contributed by atoms with E-state index in [4.69, 9.17) is 4.74 Å². The summed E-state index contributed by atoms with van der Waals surface area (Å²) in [5.74, 6) is -0.104. The zero-order valence-electron chi connectivity index (χ0n) is 17.6. The molecule has 2 N–H and O–H groups in total. The van der Waals surface area contributed by atoms with Crippen LogP contribution in [-0.2, 0) is 10.0 Å². The SMILES string of the molecule is COc1ccc(C(=O)NCC(c2cccs2)N2CCCC2)cc1S(=O)(=O)NC(C)C. The molecule has 1 amide bonds. The van der Waals surface area contributed by atoms with Crippen molar-refractivity contribution >= 4 is 27.3 Å². The molecule has 0 radical (unpaired) electrons. The minimum Gasteiger partial charge on any atom is -0.495 e. The van der Waals surface area contributed by atoms with E-state index in [2.05, 4.69) is 21.0 Å². The maximum atomic E-state index is 12.9. The van der Waals surface area contributed by atoms with Crippen LogP contribution in [0.25, 0.3) is 0 Å². The van der Waals surface area contributed by atoms with Gasteiger partial charge in [0.1, 0.15) is 10.6 Å². The summed E-state index contributed by atoms with van der Waals surface area (Å²) >= 11 is 1.68. The van der Waals surface area contributed by atoms with Crippen LogP contribution in [0.1, 0.15) is 48.0 Å². The van der Waals surface area contributed by atoms with Gasteiger partial charge in [0.05, 0.1) is 13.2 Å². The Labute approximate surface area is 182 Å². The topological polar surface area (TPSA) is 87.7 Å². The van der Waals surface area contributed by atoms with Gasteiger partial charge in [-0.25, -0.2) is 13.1 Å². The van der Waals surface area contributed by atoms with E-state index in [9.17, 15) is 13.2 Å². The summed E-state index contributed by atoms with van der Waals surface area (Å²) in [7, 11) is -2.39. The first-order valence-electron chi connectivity index (χ1n) is 10.1. The van der Waals surface area contributed by atoms with Crippen LogP contribution in [-0.4, -0.2) is 52.0 Å². The number of hydrogen-bond donors (Lipinski definition) is 2. The molecule has 30 heavy (non-hydrogen) atoms. The second-order valence-electron chi connectivity index (χ2n) is 7.63. The van der Waals surface area contributed by atoms with Crippen molar-refractivity contribution in [3.8, 4) is 5.75 Å². The van der Waals surface area contributed by atoms with Crippen molar-refractivity contribution in [2.45, 2.75) is 43.7 Å². The molecule has 3 rings (SSSR count). The van der Waals surface area contributed by atoms with Crippen LogP contribution in [0.3, 0.4) is 0 Å². The number of likely N-dealkylation sites (tertiary alicyclic amines) is 1. The van der Waals surface area contributed by atoms with Gasteiger partial charge < -0.3 is 10.1 Å². The molecule has 0 bridgehead atoms. The van der Waals surface area contributed by atoms with Crippen LogP contribution in [0.2, 0.25) is 0 Å². The molecule has 1 unspecified atom stereocenters. The first-order chi connectivity index (χ1) is 14.3. The average Bonchev–Trinajstić information content (AvgIpc) is 3.41. The number of carbonyl (C=O) groups excluding carboxylic acids is 1. The van der Waals surface area contributed by atoms with Gasteiger partial charge in [0.2, 0.25) is 10.0 Å². The number of nitrogens with one attached hydrogen (secondary N) is 2. The Morgan fingerprint density at radius 3 is 2.57 bits per heavy atom. The third-order valence-corrected chi connectivity index (χ3v) is 7.67. The molecular formula is C21H29N3O4S2. The summed E-state index contributed by atoms with van der Waals surface area (Å²) in [6.07, 6.45) is 2.33. The molecule has 1 aromatic heterocycles. The zero-order valence-corrected chi connectivity index (χ0v) is 19.2. The summed E-state index contributed by atoms with van der Waals surface area (Å²) in [4.78, 5) is 16.4. The number of thiophene rings is 1. The Hall–Kier alpha value is -1.94. The van der Waals surface area contributed by atoms with Gasteiger partial charge in [0.25, 0.3) is 5.91 Å². The van der Waals surface area contributed by atoms with Gasteiger partial charge in [0, 0.05) is 23.0 Å². The molecule has 1 atom stereocenters. The number of hydrogen-bond acceptors (Lipinski definition) is 6. The lowest BCUT2D eigenvalue weighted by molar-refractivity contribution is 0.0938. The Balaban J connectivity index is 1.78. The predicted molar refractivity (Wildman–Crippen MR) is 119 cm³/mol. The Bertz CT molecular complexity index is 953. The number of carbonyl (C=O) groups is 1. The number of methoxy groups -OCH3 is 1. The van der Waals surface area contributed by atoms with E-state index in [1.807, 2.05) is 11.4 Å². The van der Waals surface area contributed by atoms with Crippen molar-refractivity contribution in [2.24, 2.45) is 0 Å². The number of ether oxygens (including phenoxy) is 1. The molecule has 0 aliphatic carbocycles. The van der Waals surface area contributed by atoms with E-state index >= 15 is 0 Å². The van der Waals surface area contributed by atoms with E-state index < -0.39 is 10.0 Å². The second-order valence-corrected chi connectivity index (χ2v) is 10.3. The van der Waals surface area contributed by atoms with Crippen molar-refractivity contribution < 1.29 is 17.9 Å². The van der Waals surface area contributed by atoms with Crippen LogP contribution in [0.5, 0.6) is 5.75 Å². The van der Waals surface area contributed by atoms with Gasteiger partial charge in [-0.3, -0.25) is 9.69 Å². The maximum Gasteiger partial charge on any atom is 0.251 e. The minimum absolute atomic E-state index is 0.0410. The molecule has 1 aliphatic heterocycles. The lowest BCUT2D eigenvalue weighted by atomic mass is 10.1. The third-order valence-electron chi connectivity index (χ3n) is 5.02.